The summed E-state index contributed by atoms with van der Waals surface area (Å²) in [5.41, 5.74) is 0. The van der Waals surface area contributed by atoms with Crippen LogP contribution in [0.1, 0.15) is 51.9 Å². The van der Waals surface area contributed by atoms with Crippen molar-refractivity contribution in [3.05, 3.63) is 0 Å². The first kappa shape index (κ1) is 31.2. The zero-order valence-electron chi connectivity index (χ0n) is 15.9. The molecule has 15 heteroatoms. The topological polar surface area (TPSA) is 26.7 Å². The Balaban J connectivity index is 0. The summed E-state index contributed by atoms with van der Waals surface area (Å²) >= 11 is 0. The highest BCUT2D eigenvalue weighted by Crippen LogP contribution is 2.34. The normalized spacial score (nSPS) is 13.6. The monoisotopic (exact) mass is 476 g/mol. The number of halogens is 12. The van der Waals surface area contributed by atoms with Crippen molar-refractivity contribution in [1.29, 1.82) is 0 Å². The molecule has 0 fully saturated rings. The van der Waals surface area contributed by atoms with E-state index in [1.165, 1.54) is 0 Å². The molecular formula is C15H24F12N2O. The predicted octanol–water partition coefficient (Wildman–Crippen LogP) is 6.40. The number of alkyl halides is 12. The molecule has 0 bridgehead atoms. The molecule has 0 saturated heterocycles. The van der Waals surface area contributed by atoms with Gasteiger partial charge in [-0.15, -0.1) is 9.80 Å². The Bertz CT molecular complexity index is 363. The molecule has 0 saturated carbocycles. The lowest BCUT2D eigenvalue weighted by Gasteiger charge is -2.26. The van der Waals surface area contributed by atoms with Crippen LogP contribution in [0.15, 0.2) is 0 Å². The average molecular weight is 476 g/mol. The molecule has 0 radical (unpaired) electrons. The standard InChI is InChI=1S/C8H13F6N.C7H11F6NO/c1-2-3-4-5-6-15(7(9,10)11)8(12,13)14;8-6(9,10)14(7(11,12)13)4-2-1-3-5-15/h2-6H2,1H3;15H,1-5H2. The van der Waals surface area contributed by atoms with E-state index in [2.05, 4.69) is 0 Å². The van der Waals surface area contributed by atoms with E-state index in [0.717, 1.165) is 6.42 Å². The first-order valence-corrected chi connectivity index (χ1v) is 8.82. The van der Waals surface area contributed by atoms with E-state index in [0.29, 0.717) is 12.8 Å². The molecule has 0 aliphatic heterocycles. The summed E-state index contributed by atoms with van der Waals surface area (Å²) < 4.78 is 143. The van der Waals surface area contributed by atoms with Crippen LogP contribution in [0.2, 0.25) is 0 Å². The number of aliphatic hydroxyl groups excluding tert-OH is 1. The second-order valence-corrected chi connectivity index (χ2v) is 6.02. The molecule has 0 aromatic rings. The lowest BCUT2D eigenvalue weighted by atomic mass is 10.2. The summed E-state index contributed by atoms with van der Waals surface area (Å²) in [5.74, 6) is 0. The fourth-order valence-electron chi connectivity index (χ4n) is 2.05. The highest BCUT2D eigenvalue weighted by Gasteiger charge is 2.53. The van der Waals surface area contributed by atoms with Gasteiger partial charge in [0.05, 0.1) is 0 Å². The van der Waals surface area contributed by atoms with Crippen LogP contribution in [0.25, 0.3) is 0 Å². The van der Waals surface area contributed by atoms with Crippen molar-refractivity contribution in [2.24, 2.45) is 0 Å². The number of nitrogens with zero attached hydrogens (tertiary/aromatic N) is 2. The number of hydrogen-bond donors (Lipinski definition) is 1. The smallest absolute Gasteiger partial charge is 0.396 e. The molecule has 0 unspecified atom stereocenters. The van der Waals surface area contributed by atoms with Gasteiger partial charge >= 0.3 is 25.2 Å². The van der Waals surface area contributed by atoms with Crippen molar-refractivity contribution in [2.75, 3.05) is 19.7 Å². The number of hydrogen-bond acceptors (Lipinski definition) is 3. The fraction of sp³-hybridized carbons (Fsp3) is 1.00. The Morgan fingerprint density at radius 3 is 1.03 bits per heavy atom. The molecule has 30 heavy (non-hydrogen) atoms. The Hall–Kier alpha value is -0.960. The maximum atomic E-state index is 11.9. The minimum absolute atomic E-state index is 0.104. The maximum Gasteiger partial charge on any atom is 0.467 e. The lowest BCUT2D eigenvalue weighted by molar-refractivity contribution is -0.374. The van der Waals surface area contributed by atoms with Gasteiger partial charge in [0.2, 0.25) is 0 Å². The van der Waals surface area contributed by atoms with E-state index < -0.39 is 48.1 Å². The molecule has 0 rings (SSSR count). The first-order valence-electron chi connectivity index (χ1n) is 8.82. The summed E-state index contributed by atoms with van der Waals surface area (Å²) in [6.07, 6.45) is -19.8. The molecule has 3 nitrogen and oxygen atoms in total. The highest BCUT2D eigenvalue weighted by atomic mass is 19.4. The number of unbranched alkanes of at least 4 members (excludes halogenated alkanes) is 5. The largest absolute Gasteiger partial charge is 0.467 e. The molecule has 0 aliphatic rings. The quantitative estimate of drug-likeness (QED) is 0.225. The van der Waals surface area contributed by atoms with Gasteiger partial charge in [-0.25, -0.2) is 0 Å². The zero-order valence-corrected chi connectivity index (χ0v) is 15.9. The van der Waals surface area contributed by atoms with E-state index in [1.807, 2.05) is 6.92 Å². The molecule has 1 N–H and O–H groups in total. The molecule has 0 heterocycles. The van der Waals surface area contributed by atoms with Crippen molar-refractivity contribution in [3.63, 3.8) is 0 Å². The van der Waals surface area contributed by atoms with Crippen molar-refractivity contribution >= 4 is 0 Å². The Morgan fingerprint density at radius 2 is 0.800 bits per heavy atom. The maximum absolute atomic E-state index is 11.9. The summed E-state index contributed by atoms with van der Waals surface area (Å²) in [5, 5.41) is 8.29. The van der Waals surface area contributed by atoms with Crippen molar-refractivity contribution < 1.29 is 57.8 Å². The van der Waals surface area contributed by atoms with Crippen LogP contribution in [0.4, 0.5) is 52.7 Å². The molecule has 0 amide bonds. The van der Waals surface area contributed by atoms with Crippen LogP contribution >= 0.6 is 0 Å². The molecule has 0 atom stereocenters. The molecule has 0 aromatic carbocycles. The summed E-state index contributed by atoms with van der Waals surface area (Å²) in [4.78, 5) is -2.84. The zero-order chi connectivity index (χ0) is 24.2. The van der Waals surface area contributed by atoms with E-state index in [1.54, 1.807) is 0 Å². The van der Waals surface area contributed by atoms with Gasteiger partial charge in [-0.05, 0) is 25.7 Å². The lowest BCUT2D eigenvalue weighted by Crippen LogP contribution is -2.48. The van der Waals surface area contributed by atoms with E-state index >= 15 is 0 Å². The van der Waals surface area contributed by atoms with Gasteiger partial charge in [0.1, 0.15) is 0 Å². The van der Waals surface area contributed by atoms with Crippen LogP contribution < -0.4 is 0 Å². The molecular weight excluding hydrogens is 452 g/mol. The fourth-order valence-corrected chi connectivity index (χ4v) is 2.05. The molecule has 0 spiro atoms. The van der Waals surface area contributed by atoms with Crippen LogP contribution in [-0.4, -0.2) is 59.8 Å². The van der Waals surface area contributed by atoms with Gasteiger partial charge in [-0.1, -0.05) is 26.2 Å². The van der Waals surface area contributed by atoms with Gasteiger partial charge in [0.15, 0.2) is 0 Å². The highest BCUT2D eigenvalue weighted by molar-refractivity contribution is 4.64. The van der Waals surface area contributed by atoms with Crippen LogP contribution in [-0.2, 0) is 0 Å². The summed E-state index contributed by atoms with van der Waals surface area (Å²) in [6.45, 7) is -0.566. The van der Waals surface area contributed by atoms with Crippen LogP contribution in [0, 0.1) is 0 Å². The third-order valence-electron chi connectivity index (χ3n) is 3.50. The second kappa shape index (κ2) is 13.5. The molecule has 184 valence electrons. The van der Waals surface area contributed by atoms with Crippen molar-refractivity contribution in [2.45, 2.75) is 77.1 Å². The average Bonchev–Trinajstić information content (AvgIpc) is 2.50. The van der Waals surface area contributed by atoms with Crippen LogP contribution in [0.3, 0.4) is 0 Å². The predicted molar refractivity (Wildman–Crippen MR) is 82.7 cm³/mol. The third-order valence-corrected chi connectivity index (χ3v) is 3.50. The van der Waals surface area contributed by atoms with Gasteiger partial charge in [0.25, 0.3) is 0 Å². The molecule has 0 aliphatic carbocycles. The Kier molecular flexibility index (Phi) is 14.0. The molecule has 0 aromatic heterocycles. The second-order valence-electron chi connectivity index (χ2n) is 6.02. The van der Waals surface area contributed by atoms with Gasteiger partial charge in [0, 0.05) is 19.7 Å². The van der Waals surface area contributed by atoms with Gasteiger partial charge < -0.3 is 5.11 Å². The Labute approximate surface area is 165 Å². The minimum atomic E-state index is -5.41. The number of rotatable bonds is 10. The SMILES string of the molecule is CCCCCCN(C(F)(F)F)C(F)(F)F.OCCCCCN(C(F)(F)F)C(F)(F)F. The number of aliphatic hydroxyl groups is 1. The van der Waals surface area contributed by atoms with Gasteiger partial charge in [-0.3, -0.25) is 0 Å². The van der Waals surface area contributed by atoms with Crippen molar-refractivity contribution in [1.82, 2.24) is 9.80 Å². The van der Waals surface area contributed by atoms with E-state index in [4.69, 9.17) is 5.11 Å². The minimum Gasteiger partial charge on any atom is -0.396 e. The van der Waals surface area contributed by atoms with E-state index in [9.17, 15) is 52.7 Å². The summed E-state index contributed by atoms with van der Waals surface area (Å²) in [6, 6.07) is 0. The third kappa shape index (κ3) is 14.9. The first-order chi connectivity index (χ1) is 13.4. The van der Waals surface area contributed by atoms with Gasteiger partial charge in [-0.2, -0.15) is 52.7 Å². The van der Waals surface area contributed by atoms with Crippen molar-refractivity contribution in [3.8, 4) is 0 Å². The van der Waals surface area contributed by atoms with E-state index in [-0.39, 0.29) is 32.3 Å². The van der Waals surface area contributed by atoms with Crippen LogP contribution in [0.5, 0.6) is 0 Å². The Morgan fingerprint density at radius 1 is 0.500 bits per heavy atom. The summed E-state index contributed by atoms with van der Waals surface area (Å²) in [7, 11) is 0.